The van der Waals surface area contributed by atoms with E-state index in [1.165, 1.54) is 4.90 Å². The van der Waals surface area contributed by atoms with Crippen LogP contribution in [0.1, 0.15) is 20.8 Å². The minimum atomic E-state index is -1.17. The lowest BCUT2D eigenvalue weighted by molar-refractivity contribution is -0.270. The number of piperazine rings is 1. The number of carbonyl (C=O) groups excluding carboxylic acids is 2. The fourth-order valence-corrected chi connectivity index (χ4v) is 1.82. The highest BCUT2D eigenvalue weighted by Crippen LogP contribution is 2.12. The second kappa shape index (κ2) is 5.35. The molecule has 0 unspecified atom stereocenters. The van der Waals surface area contributed by atoms with E-state index in [0.717, 1.165) is 6.54 Å². The first-order valence-corrected chi connectivity index (χ1v) is 5.78. The van der Waals surface area contributed by atoms with Gasteiger partial charge in [0.2, 0.25) is 5.91 Å². The number of amides is 2. The molecular formula is C11H20N3O3-. The van der Waals surface area contributed by atoms with Gasteiger partial charge >= 0.3 is 0 Å². The van der Waals surface area contributed by atoms with Gasteiger partial charge in [-0.05, 0) is 20.8 Å². The molecule has 0 aliphatic carbocycles. The van der Waals surface area contributed by atoms with Gasteiger partial charge in [-0.3, -0.25) is 9.69 Å². The summed E-state index contributed by atoms with van der Waals surface area (Å²) in [7, 11) is 0. The van der Waals surface area contributed by atoms with Crippen molar-refractivity contribution in [3.05, 3.63) is 0 Å². The summed E-state index contributed by atoms with van der Waals surface area (Å²) < 4.78 is 0. The van der Waals surface area contributed by atoms with Gasteiger partial charge < -0.3 is 20.1 Å². The molecule has 1 rings (SSSR count). The quantitative estimate of drug-likeness (QED) is 0.679. The van der Waals surface area contributed by atoms with Crippen molar-refractivity contribution in [1.29, 1.82) is 0 Å². The molecule has 1 fully saturated rings. The molecule has 0 aromatic heterocycles. The maximum absolute atomic E-state index is 11.2. The highest BCUT2D eigenvalue weighted by molar-refractivity contribution is 5.78. The Kier molecular flexibility index (Phi) is 4.34. The van der Waals surface area contributed by atoms with E-state index in [4.69, 9.17) is 0 Å². The van der Waals surface area contributed by atoms with Crippen LogP contribution in [-0.4, -0.2) is 60.1 Å². The van der Waals surface area contributed by atoms with Crippen LogP contribution in [0.25, 0.3) is 0 Å². The van der Waals surface area contributed by atoms with Gasteiger partial charge in [-0.2, -0.15) is 0 Å². The first-order valence-electron chi connectivity index (χ1n) is 5.78. The normalized spacial score (nSPS) is 17.7. The maximum atomic E-state index is 11.2. The lowest BCUT2D eigenvalue weighted by Gasteiger charge is -2.39. The van der Waals surface area contributed by atoms with Gasteiger partial charge in [-0.1, -0.05) is 0 Å². The number of rotatable bonds is 3. The molecule has 0 aromatic carbocycles. The lowest BCUT2D eigenvalue weighted by Crippen LogP contribution is -2.55. The van der Waals surface area contributed by atoms with Gasteiger partial charge in [0.1, 0.15) is 6.09 Å². The summed E-state index contributed by atoms with van der Waals surface area (Å²) in [5.74, 6) is -0.00740. The molecule has 98 valence electrons. The van der Waals surface area contributed by atoms with Gasteiger partial charge in [0, 0.05) is 31.7 Å². The van der Waals surface area contributed by atoms with Gasteiger partial charge in [-0.25, -0.2) is 0 Å². The van der Waals surface area contributed by atoms with Crippen molar-refractivity contribution in [3.63, 3.8) is 0 Å². The Morgan fingerprint density at radius 1 is 1.53 bits per heavy atom. The monoisotopic (exact) mass is 242 g/mol. The number of carboxylic acid groups (broad SMARTS) is 1. The molecule has 0 atom stereocenters. The number of carbonyl (C=O) groups is 2. The highest BCUT2D eigenvalue weighted by atomic mass is 16.4. The zero-order chi connectivity index (χ0) is 13.1. The average Bonchev–Trinajstić information content (AvgIpc) is 2.15. The second-order valence-electron chi connectivity index (χ2n) is 5.21. The van der Waals surface area contributed by atoms with Crippen LogP contribution in [0.4, 0.5) is 4.79 Å². The van der Waals surface area contributed by atoms with Crippen molar-refractivity contribution in [3.8, 4) is 0 Å². The van der Waals surface area contributed by atoms with E-state index >= 15 is 0 Å². The minimum Gasteiger partial charge on any atom is -0.530 e. The minimum absolute atomic E-state index is 0.00740. The lowest BCUT2D eigenvalue weighted by atomic mass is 10.1. The van der Waals surface area contributed by atoms with Crippen molar-refractivity contribution in [2.75, 3.05) is 32.7 Å². The van der Waals surface area contributed by atoms with Crippen LogP contribution < -0.4 is 10.4 Å². The third-order valence-corrected chi connectivity index (χ3v) is 2.79. The predicted molar refractivity (Wildman–Crippen MR) is 61.3 cm³/mol. The molecule has 1 saturated heterocycles. The van der Waals surface area contributed by atoms with Crippen LogP contribution >= 0.6 is 0 Å². The Morgan fingerprint density at radius 2 is 2.18 bits per heavy atom. The second-order valence-corrected chi connectivity index (χ2v) is 5.21. The SMILES string of the molecule is CC(C)(C)N(CCN1CCNC(=O)C1)C(=O)[O-]. The molecule has 2 amide bonds. The Morgan fingerprint density at radius 3 is 2.65 bits per heavy atom. The van der Waals surface area contributed by atoms with Crippen LogP contribution in [0, 0.1) is 0 Å². The van der Waals surface area contributed by atoms with Crippen molar-refractivity contribution >= 4 is 12.0 Å². The summed E-state index contributed by atoms with van der Waals surface area (Å²) in [4.78, 5) is 25.4. The van der Waals surface area contributed by atoms with Crippen LogP contribution in [-0.2, 0) is 4.79 Å². The molecule has 1 heterocycles. The first kappa shape index (κ1) is 13.8. The highest BCUT2D eigenvalue weighted by Gasteiger charge is 2.23. The zero-order valence-electron chi connectivity index (χ0n) is 10.7. The van der Waals surface area contributed by atoms with Crippen LogP contribution in [0.2, 0.25) is 0 Å². The molecule has 0 radical (unpaired) electrons. The van der Waals surface area contributed by atoms with Crippen molar-refractivity contribution in [2.24, 2.45) is 0 Å². The van der Waals surface area contributed by atoms with Crippen LogP contribution in [0.3, 0.4) is 0 Å². The van der Waals surface area contributed by atoms with Gasteiger partial charge in [0.15, 0.2) is 0 Å². The molecule has 1 aliphatic rings. The summed E-state index contributed by atoms with van der Waals surface area (Å²) in [6.45, 7) is 8.11. The molecule has 0 aromatic rings. The van der Waals surface area contributed by atoms with Crippen molar-refractivity contribution in [1.82, 2.24) is 15.1 Å². The topological polar surface area (TPSA) is 75.7 Å². The molecule has 0 bridgehead atoms. The van der Waals surface area contributed by atoms with Gasteiger partial charge in [0.05, 0.1) is 6.54 Å². The predicted octanol–water partition coefficient (Wildman–Crippen LogP) is -1.14. The number of hydrogen-bond acceptors (Lipinski definition) is 4. The molecule has 17 heavy (non-hydrogen) atoms. The van der Waals surface area contributed by atoms with E-state index in [1.54, 1.807) is 0 Å². The van der Waals surface area contributed by atoms with Crippen LogP contribution in [0.15, 0.2) is 0 Å². The van der Waals surface area contributed by atoms with Crippen molar-refractivity contribution in [2.45, 2.75) is 26.3 Å². The van der Waals surface area contributed by atoms with E-state index in [0.29, 0.717) is 26.2 Å². The number of nitrogens with zero attached hydrogens (tertiary/aromatic N) is 2. The number of hydrogen-bond donors (Lipinski definition) is 1. The van der Waals surface area contributed by atoms with Crippen LogP contribution in [0.5, 0.6) is 0 Å². The summed E-state index contributed by atoms with van der Waals surface area (Å²) in [6.07, 6.45) is -1.17. The molecule has 1 N–H and O–H groups in total. The van der Waals surface area contributed by atoms with Gasteiger partial charge in [-0.15, -0.1) is 0 Å². The largest absolute Gasteiger partial charge is 0.530 e. The molecule has 1 aliphatic heterocycles. The Balaban J connectivity index is 2.47. The molecule has 0 spiro atoms. The van der Waals surface area contributed by atoms with Crippen molar-refractivity contribution < 1.29 is 14.7 Å². The Hall–Kier alpha value is -1.30. The van der Waals surface area contributed by atoms with E-state index in [-0.39, 0.29) is 5.91 Å². The standard InChI is InChI=1S/C11H21N3O3/c1-11(2,3)14(10(16)17)7-6-13-5-4-12-9(15)8-13/h4-8H2,1-3H3,(H,12,15)(H,16,17)/p-1. The third kappa shape index (κ3) is 4.22. The fourth-order valence-electron chi connectivity index (χ4n) is 1.82. The maximum Gasteiger partial charge on any atom is 0.234 e. The van der Waals surface area contributed by atoms with E-state index < -0.39 is 11.6 Å². The smallest absolute Gasteiger partial charge is 0.234 e. The average molecular weight is 242 g/mol. The molecule has 6 nitrogen and oxygen atoms in total. The summed E-state index contributed by atoms with van der Waals surface area (Å²) >= 11 is 0. The first-order chi connectivity index (χ1) is 7.80. The third-order valence-electron chi connectivity index (χ3n) is 2.79. The molecule has 0 saturated carbocycles. The fraction of sp³-hybridized carbons (Fsp3) is 0.818. The summed E-state index contributed by atoms with van der Waals surface area (Å²) in [6, 6.07) is 0. The Bertz CT molecular complexity index is 299. The molecular weight excluding hydrogens is 222 g/mol. The van der Waals surface area contributed by atoms with E-state index in [9.17, 15) is 14.7 Å². The number of nitrogens with one attached hydrogen (secondary N) is 1. The summed E-state index contributed by atoms with van der Waals surface area (Å²) in [5, 5.41) is 13.7. The Labute approximate surface area is 102 Å². The van der Waals surface area contributed by atoms with Gasteiger partial charge in [0.25, 0.3) is 0 Å². The summed E-state index contributed by atoms with van der Waals surface area (Å²) in [5.41, 5.74) is -0.475. The zero-order valence-corrected chi connectivity index (χ0v) is 10.7. The molecule has 6 heteroatoms. The van der Waals surface area contributed by atoms with E-state index in [2.05, 4.69) is 5.32 Å². The van der Waals surface area contributed by atoms with E-state index in [1.807, 2.05) is 25.7 Å².